The van der Waals surface area contributed by atoms with Gasteiger partial charge in [0.05, 0.1) is 16.5 Å². The Kier molecular flexibility index (Phi) is 6.90. The predicted octanol–water partition coefficient (Wildman–Crippen LogP) is 5.60. The molecule has 0 spiro atoms. The Bertz CT molecular complexity index is 1420. The zero-order chi connectivity index (χ0) is 25.1. The van der Waals surface area contributed by atoms with E-state index in [9.17, 15) is 18.0 Å². The first-order valence-electron chi connectivity index (χ1n) is 11.7. The molecule has 6 nitrogen and oxygen atoms in total. The molecular weight excluding hydrogens is 471 g/mol. The Morgan fingerprint density at radius 2 is 1.83 bits per heavy atom. The van der Waals surface area contributed by atoms with Crippen LogP contribution in [0.5, 0.6) is 17.2 Å². The number of nitrogens with zero attached hydrogens (tertiary/aromatic N) is 2. The van der Waals surface area contributed by atoms with Gasteiger partial charge in [-0.3, -0.25) is 9.36 Å². The summed E-state index contributed by atoms with van der Waals surface area (Å²) >= 11 is 0. The first-order chi connectivity index (χ1) is 17.5. The molecule has 2 heterocycles. The number of fused-ring (bicyclic) bond motifs is 1. The summed E-state index contributed by atoms with van der Waals surface area (Å²) in [6, 6.07) is 16.8. The third-order valence-electron chi connectivity index (χ3n) is 6.16. The van der Waals surface area contributed by atoms with Gasteiger partial charge in [-0.05, 0) is 86.4 Å². The second kappa shape index (κ2) is 10.4. The second-order valence-corrected chi connectivity index (χ2v) is 8.67. The molecule has 0 saturated carbocycles. The van der Waals surface area contributed by atoms with Gasteiger partial charge in [-0.15, -0.1) is 0 Å². The van der Waals surface area contributed by atoms with E-state index < -0.39 is 6.61 Å². The van der Waals surface area contributed by atoms with Crippen LogP contribution in [0.3, 0.4) is 0 Å². The fourth-order valence-electron chi connectivity index (χ4n) is 4.47. The summed E-state index contributed by atoms with van der Waals surface area (Å²) in [5.74, 6) is 0.831. The smallest absolute Gasteiger partial charge is 0.387 e. The molecule has 4 aromatic rings. The van der Waals surface area contributed by atoms with Crippen molar-refractivity contribution < 1.29 is 22.6 Å². The third kappa shape index (κ3) is 5.21. The molecule has 36 heavy (non-hydrogen) atoms. The normalized spacial score (nSPS) is 15.8. The molecule has 1 aliphatic rings. The van der Waals surface area contributed by atoms with Gasteiger partial charge in [0.25, 0.3) is 5.56 Å². The minimum Gasteiger partial charge on any atom is -0.457 e. The van der Waals surface area contributed by atoms with E-state index in [0.29, 0.717) is 34.5 Å². The molecule has 186 valence electrons. The lowest BCUT2D eigenvalue weighted by Gasteiger charge is -2.25. The molecule has 1 aromatic heterocycles. The van der Waals surface area contributed by atoms with Crippen molar-refractivity contribution in [1.29, 1.82) is 0 Å². The van der Waals surface area contributed by atoms with Gasteiger partial charge in [0.2, 0.25) is 0 Å². The quantitative estimate of drug-likeness (QED) is 0.362. The van der Waals surface area contributed by atoms with Gasteiger partial charge in [-0.25, -0.2) is 9.37 Å². The SMILES string of the molecule is O=c1c2cc(Oc3ccc(F)cc3)ccc2nc(-c2ccccc2OC(F)F)n1CC1CCCNC1. The molecule has 0 radical (unpaired) electrons. The summed E-state index contributed by atoms with van der Waals surface area (Å²) in [5.41, 5.74) is 0.399. The standard InChI is InChI=1S/C27H24F3N3O3/c28-18-7-9-19(10-8-18)35-20-11-12-23-22(14-20)26(34)33(16-17-4-3-13-31-15-17)25(32-23)21-5-1-2-6-24(21)36-27(29)30/h1-2,5-12,14,17,27,31H,3-4,13,15-16H2. The van der Waals surface area contributed by atoms with Crippen molar-refractivity contribution in [2.75, 3.05) is 13.1 Å². The molecule has 0 amide bonds. The molecule has 0 aliphatic carbocycles. The maximum atomic E-state index is 13.8. The number of piperidine rings is 1. The van der Waals surface area contributed by atoms with Crippen LogP contribution in [-0.2, 0) is 6.54 Å². The van der Waals surface area contributed by atoms with E-state index in [0.717, 1.165) is 25.9 Å². The van der Waals surface area contributed by atoms with Gasteiger partial charge >= 0.3 is 6.61 Å². The highest BCUT2D eigenvalue weighted by molar-refractivity contribution is 5.82. The first-order valence-corrected chi connectivity index (χ1v) is 11.7. The van der Waals surface area contributed by atoms with E-state index in [-0.39, 0.29) is 28.9 Å². The molecule has 1 aliphatic heterocycles. The molecule has 5 rings (SSSR count). The van der Waals surface area contributed by atoms with E-state index in [2.05, 4.69) is 5.32 Å². The third-order valence-corrected chi connectivity index (χ3v) is 6.16. The maximum absolute atomic E-state index is 13.8. The van der Waals surface area contributed by atoms with Crippen LogP contribution in [0.25, 0.3) is 22.3 Å². The highest BCUT2D eigenvalue weighted by atomic mass is 19.3. The summed E-state index contributed by atoms with van der Waals surface area (Å²) in [7, 11) is 0. The number of aromatic nitrogens is 2. The van der Waals surface area contributed by atoms with Crippen LogP contribution in [0, 0.1) is 11.7 Å². The van der Waals surface area contributed by atoms with Crippen LogP contribution < -0.4 is 20.3 Å². The zero-order valence-electron chi connectivity index (χ0n) is 19.3. The Balaban J connectivity index is 1.62. The molecule has 0 bridgehead atoms. The molecular formula is C27H24F3N3O3. The van der Waals surface area contributed by atoms with Gasteiger partial charge in [0.1, 0.15) is 28.9 Å². The van der Waals surface area contributed by atoms with Crippen LogP contribution in [0.4, 0.5) is 13.2 Å². The van der Waals surface area contributed by atoms with Crippen molar-refractivity contribution in [3.63, 3.8) is 0 Å². The van der Waals surface area contributed by atoms with E-state index in [4.69, 9.17) is 14.5 Å². The molecule has 1 unspecified atom stereocenters. The number of hydrogen-bond acceptors (Lipinski definition) is 5. The predicted molar refractivity (Wildman–Crippen MR) is 130 cm³/mol. The number of ether oxygens (including phenoxy) is 2. The van der Waals surface area contributed by atoms with Gasteiger partial charge in [-0.2, -0.15) is 8.78 Å². The van der Waals surface area contributed by atoms with Gasteiger partial charge in [-0.1, -0.05) is 12.1 Å². The van der Waals surface area contributed by atoms with Crippen LogP contribution in [0.15, 0.2) is 71.5 Å². The van der Waals surface area contributed by atoms with E-state index in [1.54, 1.807) is 36.4 Å². The lowest BCUT2D eigenvalue weighted by atomic mass is 9.99. The Morgan fingerprint density at radius 1 is 1.06 bits per heavy atom. The molecule has 3 aromatic carbocycles. The average molecular weight is 496 g/mol. The van der Waals surface area contributed by atoms with Crippen molar-refractivity contribution in [2.24, 2.45) is 5.92 Å². The van der Waals surface area contributed by atoms with E-state index in [1.807, 2.05) is 0 Å². The summed E-state index contributed by atoms with van der Waals surface area (Å²) in [6.07, 6.45) is 1.91. The summed E-state index contributed by atoms with van der Waals surface area (Å²) in [4.78, 5) is 18.5. The van der Waals surface area contributed by atoms with Crippen LogP contribution in [0.2, 0.25) is 0 Å². The fraction of sp³-hybridized carbons (Fsp3) is 0.259. The Hall–Kier alpha value is -3.85. The number of hydrogen-bond donors (Lipinski definition) is 1. The van der Waals surface area contributed by atoms with Gasteiger partial charge in [0.15, 0.2) is 0 Å². The van der Waals surface area contributed by atoms with Crippen LogP contribution in [0.1, 0.15) is 12.8 Å². The van der Waals surface area contributed by atoms with Crippen LogP contribution in [-0.4, -0.2) is 29.3 Å². The number of alkyl halides is 2. The largest absolute Gasteiger partial charge is 0.457 e. The lowest BCUT2D eigenvalue weighted by molar-refractivity contribution is -0.0494. The number of nitrogens with one attached hydrogen (secondary N) is 1. The van der Waals surface area contributed by atoms with E-state index >= 15 is 0 Å². The van der Waals surface area contributed by atoms with Crippen molar-refractivity contribution >= 4 is 10.9 Å². The molecule has 1 fully saturated rings. The summed E-state index contributed by atoms with van der Waals surface area (Å²) < 4.78 is 51.6. The van der Waals surface area contributed by atoms with Crippen molar-refractivity contribution in [3.05, 3.63) is 82.9 Å². The Morgan fingerprint density at radius 3 is 2.58 bits per heavy atom. The Labute approximate surface area is 205 Å². The van der Waals surface area contributed by atoms with Gasteiger partial charge in [0, 0.05) is 6.54 Å². The minimum atomic E-state index is -3.01. The minimum absolute atomic E-state index is 0.0504. The van der Waals surface area contributed by atoms with Gasteiger partial charge < -0.3 is 14.8 Å². The molecule has 1 saturated heterocycles. The van der Waals surface area contributed by atoms with Crippen molar-refractivity contribution in [3.8, 4) is 28.6 Å². The topological polar surface area (TPSA) is 65.4 Å². The maximum Gasteiger partial charge on any atom is 0.387 e. The molecule has 9 heteroatoms. The van der Waals surface area contributed by atoms with Crippen molar-refractivity contribution in [2.45, 2.75) is 26.0 Å². The fourth-order valence-corrected chi connectivity index (χ4v) is 4.47. The average Bonchev–Trinajstić information content (AvgIpc) is 2.88. The number of benzene rings is 3. The first kappa shape index (κ1) is 23.9. The number of para-hydroxylation sites is 1. The second-order valence-electron chi connectivity index (χ2n) is 8.67. The van der Waals surface area contributed by atoms with E-state index in [1.165, 1.54) is 34.9 Å². The zero-order valence-corrected chi connectivity index (χ0v) is 19.3. The number of rotatable bonds is 7. The summed E-state index contributed by atoms with van der Waals surface area (Å²) in [5, 5.41) is 3.67. The highest BCUT2D eigenvalue weighted by Gasteiger charge is 2.22. The number of halogens is 3. The van der Waals surface area contributed by atoms with Crippen LogP contribution >= 0.6 is 0 Å². The van der Waals surface area contributed by atoms with Crippen molar-refractivity contribution in [1.82, 2.24) is 14.9 Å². The summed E-state index contributed by atoms with van der Waals surface area (Å²) in [6.45, 7) is -0.979. The monoisotopic (exact) mass is 495 g/mol. The highest BCUT2D eigenvalue weighted by Crippen LogP contribution is 2.32. The lowest BCUT2D eigenvalue weighted by Crippen LogP contribution is -2.35. The molecule has 1 N–H and O–H groups in total. The molecule has 1 atom stereocenters.